The topological polar surface area (TPSA) is 81.2 Å². The molecule has 6 nitrogen and oxygen atoms in total. The van der Waals surface area contributed by atoms with Gasteiger partial charge in [0, 0.05) is 0 Å². The summed E-state index contributed by atoms with van der Waals surface area (Å²) >= 11 is 0. The first-order chi connectivity index (χ1) is 10.9. The van der Waals surface area contributed by atoms with Crippen molar-refractivity contribution in [2.24, 2.45) is 0 Å². The molecule has 122 valence electrons. The second-order valence-corrected chi connectivity index (χ2v) is 6.41. The van der Waals surface area contributed by atoms with Gasteiger partial charge in [-0.05, 0) is 32.4 Å². The Hall–Kier alpha value is -2.41. The molecule has 0 aliphatic heterocycles. The highest BCUT2D eigenvalue weighted by Gasteiger charge is 2.14. The third-order valence-electron chi connectivity index (χ3n) is 3.01. The molecular weight excluding hydrogens is 314 g/mol. The number of anilines is 1. The summed E-state index contributed by atoms with van der Waals surface area (Å²) < 4.78 is 32.2. The average molecular weight is 333 g/mol. The van der Waals surface area contributed by atoms with Crippen LogP contribution in [-0.4, -0.2) is 25.0 Å². The van der Waals surface area contributed by atoms with Gasteiger partial charge in [0.2, 0.25) is 0 Å². The van der Waals surface area contributed by atoms with E-state index in [0.717, 1.165) is 11.0 Å². The van der Waals surface area contributed by atoms with Gasteiger partial charge in [-0.3, -0.25) is 4.72 Å². The molecule has 2 aromatic rings. The highest BCUT2D eigenvalue weighted by molar-refractivity contribution is 7.95. The van der Waals surface area contributed by atoms with Crippen LogP contribution in [0.2, 0.25) is 0 Å². The molecule has 23 heavy (non-hydrogen) atoms. The highest BCUT2D eigenvalue weighted by atomic mass is 32.2. The van der Waals surface area contributed by atoms with Crippen molar-refractivity contribution in [3.05, 3.63) is 52.7 Å². The molecule has 1 aromatic carbocycles. The fourth-order valence-electron chi connectivity index (χ4n) is 1.94. The van der Waals surface area contributed by atoms with Crippen molar-refractivity contribution >= 4 is 21.8 Å². The number of rotatable bonds is 6. The lowest BCUT2D eigenvalue weighted by Crippen LogP contribution is -2.13. The summed E-state index contributed by atoms with van der Waals surface area (Å²) in [7, 11) is -3.65. The number of aryl methyl sites for hydroxylation is 2. The number of aromatic nitrogens is 2. The van der Waals surface area contributed by atoms with Gasteiger partial charge in [0.1, 0.15) is 0 Å². The van der Waals surface area contributed by atoms with Gasteiger partial charge >= 0.3 is 6.01 Å². The van der Waals surface area contributed by atoms with Crippen molar-refractivity contribution < 1.29 is 13.2 Å². The molecule has 1 heterocycles. The molecule has 0 atom stereocenters. The van der Waals surface area contributed by atoms with Crippen LogP contribution >= 0.6 is 0 Å². The Balaban J connectivity index is 2.22. The minimum absolute atomic E-state index is 0.241. The summed E-state index contributed by atoms with van der Waals surface area (Å²) in [5, 5.41) is 1.12. The first-order valence-electron chi connectivity index (χ1n) is 7.15. The largest absolute Gasteiger partial charge is 0.464 e. The zero-order valence-corrected chi connectivity index (χ0v) is 14.1. The molecule has 0 bridgehead atoms. The summed E-state index contributed by atoms with van der Waals surface area (Å²) in [5.74, 6) is 0. The van der Waals surface area contributed by atoms with Gasteiger partial charge in [0.25, 0.3) is 10.0 Å². The van der Waals surface area contributed by atoms with E-state index in [9.17, 15) is 8.42 Å². The van der Waals surface area contributed by atoms with E-state index in [1.165, 1.54) is 6.08 Å². The number of nitrogens with one attached hydrogen (secondary N) is 1. The molecular formula is C16H19N3O3S. The molecule has 1 aromatic heterocycles. The minimum atomic E-state index is -3.65. The molecule has 0 spiro atoms. The van der Waals surface area contributed by atoms with E-state index in [2.05, 4.69) is 14.7 Å². The molecule has 0 aliphatic carbocycles. The van der Waals surface area contributed by atoms with E-state index in [-0.39, 0.29) is 6.01 Å². The van der Waals surface area contributed by atoms with Crippen LogP contribution < -0.4 is 9.46 Å². The maximum Gasteiger partial charge on any atom is 0.316 e. The maximum atomic E-state index is 12.2. The third kappa shape index (κ3) is 4.79. The van der Waals surface area contributed by atoms with Crippen LogP contribution in [0.1, 0.15) is 23.9 Å². The molecule has 0 amide bonds. The quantitative estimate of drug-likeness (QED) is 0.879. The standard InChI is InChI=1S/C16H19N3O3S/c1-4-22-16-17-12(2)15(13(3)18-16)19-23(20,21)11-10-14-8-6-5-7-9-14/h5-11,19H,4H2,1-3H3/b11-10+. The molecule has 0 radical (unpaired) electrons. The molecule has 0 fully saturated rings. The summed E-state index contributed by atoms with van der Waals surface area (Å²) in [6.45, 7) is 5.69. The molecule has 0 saturated carbocycles. The van der Waals surface area contributed by atoms with Gasteiger partial charge in [-0.25, -0.2) is 8.42 Å². The van der Waals surface area contributed by atoms with Crippen molar-refractivity contribution in [1.82, 2.24) is 9.97 Å². The van der Waals surface area contributed by atoms with Gasteiger partial charge < -0.3 is 4.74 Å². The molecule has 2 rings (SSSR count). The third-order valence-corrected chi connectivity index (χ3v) is 3.99. The van der Waals surface area contributed by atoms with Crippen LogP contribution in [-0.2, 0) is 10.0 Å². The first kappa shape index (κ1) is 17.0. The summed E-state index contributed by atoms with van der Waals surface area (Å²) in [5.41, 5.74) is 2.19. The maximum absolute atomic E-state index is 12.2. The van der Waals surface area contributed by atoms with Crippen LogP contribution in [0.15, 0.2) is 35.7 Å². The van der Waals surface area contributed by atoms with Crippen molar-refractivity contribution in [2.75, 3.05) is 11.3 Å². The Bertz CT molecular complexity index is 780. The van der Waals surface area contributed by atoms with Crippen LogP contribution in [0.25, 0.3) is 6.08 Å². The average Bonchev–Trinajstić information content (AvgIpc) is 2.51. The number of nitrogens with zero attached hydrogens (tertiary/aromatic N) is 2. The minimum Gasteiger partial charge on any atom is -0.464 e. The number of hydrogen-bond donors (Lipinski definition) is 1. The van der Waals surface area contributed by atoms with E-state index in [0.29, 0.717) is 23.7 Å². The van der Waals surface area contributed by atoms with Crippen molar-refractivity contribution in [3.8, 4) is 6.01 Å². The number of sulfonamides is 1. The Kier molecular flexibility index (Phi) is 5.33. The Labute approximate surface area is 136 Å². The number of hydrogen-bond acceptors (Lipinski definition) is 5. The van der Waals surface area contributed by atoms with Gasteiger partial charge in [-0.15, -0.1) is 0 Å². The molecule has 0 saturated heterocycles. The Morgan fingerprint density at radius 1 is 1.13 bits per heavy atom. The van der Waals surface area contributed by atoms with E-state index < -0.39 is 10.0 Å². The van der Waals surface area contributed by atoms with Crippen molar-refractivity contribution in [2.45, 2.75) is 20.8 Å². The second-order valence-electron chi connectivity index (χ2n) is 4.85. The van der Waals surface area contributed by atoms with Crippen molar-refractivity contribution in [1.29, 1.82) is 0 Å². The highest BCUT2D eigenvalue weighted by Crippen LogP contribution is 2.21. The monoisotopic (exact) mass is 333 g/mol. The van der Waals surface area contributed by atoms with Crippen LogP contribution in [0.3, 0.4) is 0 Å². The first-order valence-corrected chi connectivity index (χ1v) is 8.70. The van der Waals surface area contributed by atoms with Crippen LogP contribution in [0.4, 0.5) is 5.69 Å². The second kappa shape index (κ2) is 7.23. The SMILES string of the molecule is CCOc1nc(C)c(NS(=O)(=O)/C=C/c2ccccc2)c(C)n1. The normalized spacial score (nSPS) is 11.6. The van der Waals surface area contributed by atoms with E-state index >= 15 is 0 Å². The fraction of sp³-hybridized carbons (Fsp3) is 0.250. The molecule has 0 unspecified atom stereocenters. The van der Waals surface area contributed by atoms with E-state index in [1.54, 1.807) is 13.8 Å². The lowest BCUT2D eigenvalue weighted by molar-refractivity contribution is 0.311. The van der Waals surface area contributed by atoms with Gasteiger partial charge in [-0.2, -0.15) is 9.97 Å². The van der Waals surface area contributed by atoms with Crippen LogP contribution in [0.5, 0.6) is 6.01 Å². The van der Waals surface area contributed by atoms with Crippen molar-refractivity contribution in [3.63, 3.8) is 0 Å². The molecule has 1 N–H and O–H groups in total. The van der Waals surface area contributed by atoms with Crippen LogP contribution in [0, 0.1) is 13.8 Å². The molecule has 0 aliphatic rings. The fourth-order valence-corrected chi connectivity index (χ4v) is 2.92. The van der Waals surface area contributed by atoms with Gasteiger partial charge in [0.15, 0.2) is 0 Å². The summed E-state index contributed by atoms with van der Waals surface area (Å²) in [4.78, 5) is 8.28. The summed E-state index contributed by atoms with van der Waals surface area (Å²) in [6.07, 6.45) is 1.53. The lowest BCUT2D eigenvalue weighted by Gasteiger charge is -2.11. The number of benzene rings is 1. The predicted octanol–water partition coefficient (Wildman–Crippen LogP) is 2.90. The van der Waals surface area contributed by atoms with Gasteiger partial charge in [-0.1, -0.05) is 30.3 Å². The lowest BCUT2D eigenvalue weighted by atomic mass is 10.2. The number of ether oxygens (including phenoxy) is 1. The zero-order chi connectivity index (χ0) is 16.9. The smallest absolute Gasteiger partial charge is 0.316 e. The Morgan fingerprint density at radius 3 is 2.30 bits per heavy atom. The van der Waals surface area contributed by atoms with Gasteiger partial charge in [0.05, 0.1) is 29.1 Å². The van der Waals surface area contributed by atoms with E-state index in [1.807, 2.05) is 37.3 Å². The van der Waals surface area contributed by atoms with E-state index in [4.69, 9.17) is 4.74 Å². The summed E-state index contributed by atoms with van der Waals surface area (Å²) in [6, 6.07) is 9.44. The molecule has 7 heteroatoms. The predicted molar refractivity (Wildman–Crippen MR) is 90.7 cm³/mol. The zero-order valence-electron chi connectivity index (χ0n) is 13.3. The Morgan fingerprint density at radius 2 is 1.74 bits per heavy atom.